The molecule has 328 valence electrons. The van der Waals surface area contributed by atoms with Gasteiger partial charge in [0.2, 0.25) is 17.8 Å². The molecule has 4 aromatic rings. The summed E-state index contributed by atoms with van der Waals surface area (Å²) >= 11 is 12.0. The topological polar surface area (TPSA) is 147 Å². The number of amides is 2. The molecule has 11 nitrogen and oxygen atoms in total. The summed E-state index contributed by atoms with van der Waals surface area (Å²) in [4.78, 5) is 39.2. The molecule has 4 atom stereocenters. The Morgan fingerprint density at radius 1 is 0.698 bits per heavy atom. The zero-order valence-electron chi connectivity index (χ0n) is 34.9. The van der Waals surface area contributed by atoms with Crippen molar-refractivity contribution < 1.29 is 18.4 Å². The van der Waals surface area contributed by atoms with Crippen LogP contribution in [0.2, 0.25) is 10.0 Å². The third kappa shape index (κ3) is 12.0. The zero-order valence-corrected chi connectivity index (χ0v) is 36.4. The summed E-state index contributed by atoms with van der Waals surface area (Å²) < 4.78 is 26.4. The van der Waals surface area contributed by atoms with Crippen molar-refractivity contribution >= 4 is 64.5 Å². The molecule has 0 aromatic heterocycles. The van der Waals surface area contributed by atoms with Gasteiger partial charge in [-0.15, -0.1) is 0 Å². The van der Waals surface area contributed by atoms with Gasteiger partial charge in [-0.3, -0.25) is 24.7 Å². The van der Waals surface area contributed by atoms with Crippen LogP contribution in [0.3, 0.4) is 0 Å². The Labute approximate surface area is 377 Å². The van der Waals surface area contributed by atoms with E-state index in [4.69, 9.17) is 39.9 Å². The number of piperidine rings is 2. The van der Waals surface area contributed by atoms with Crippen LogP contribution in [0.25, 0.3) is 12.2 Å². The molecule has 2 amide bonds. The molecule has 4 heterocycles. The van der Waals surface area contributed by atoms with E-state index in [1.165, 1.54) is 24.3 Å². The van der Waals surface area contributed by atoms with Gasteiger partial charge in [0.25, 0.3) is 0 Å². The first-order valence-corrected chi connectivity index (χ1v) is 22.0. The van der Waals surface area contributed by atoms with Crippen LogP contribution in [0, 0.1) is 23.1 Å². The highest BCUT2D eigenvalue weighted by Gasteiger charge is 2.40. The lowest BCUT2D eigenvalue weighted by Crippen LogP contribution is -2.61. The molecule has 5 N–H and O–H groups in total. The Bertz CT molecular complexity index is 2360. The second-order valence-corrected chi connectivity index (χ2v) is 17.4. The van der Waals surface area contributed by atoms with E-state index in [-0.39, 0.29) is 53.6 Å². The third-order valence-electron chi connectivity index (χ3n) is 12.0. The molecule has 0 spiro atoms. The molecule has 4 unspecified atom stereocenters. The molecule has 4 aliphatic heterocycles. The van der Waals surface area contributed by atoms with Crippen LogP contribution in [0.5, 0.6) is 0 Å². The number of benzene rings is 4. The van der Waals surface area contributed by atoms with E-state index in [9.17, 15) is 18.4 Å². The van der Waals surface area contributed by atoms with E-state index >= 15 is 0 Å². The van der Waals surface area contributed by atoms with Crippen molar-refractivity contribution in [2.24, 2.45) is 10.7 Å². The number of carbonyl (C=O) groups is 2. The molecule has 4 saturated heterocycles. The lowest BCUT2D eigenvalue weighted by molar-refractivity contribution is -0.138. The fourth-order valence-corrected chi connectivity index (χ4v) is 9.57. The minimum atomic E-state index is -0.235. The number of halogens is 4. The van der Waals surface area contributed by atoms with Crippen molar-refractivity contribution in [1.29, 1.82) is 5.26 Å². The predicted molar refractivity (Wildman–Crippen MR) is 245 cm³/mol. The van der Waals surface area contributed by atoms with Gasteiger partial charge >= 0.3 is 0 Å². The lowest BCUT2D eigenvalue weighted by Gasteiger charge is -2.50. The van der Waals surface area contributed by atoms with Gasteiger partial charge < -0.3 is 21.3 Å². The quantitative estimate of drug-likeness (QED) is 0.0382. The van der Waals surface area contributed by atoms with E-state index in [1.807, 2.05) is 40.1 Å². The number of likely N-dealkylation sites (tertiary alicyclic amines) is 2. The van der Waals surface area contributed by atoms with Crippen LogP contribution < -0.4 is 16.8 Å². The van der Waals surface area contributed by atoms with Crippen LogP contribution in [0.1, 0.15) is 60.8 Å². The van der Waals surface area contributed by atoms with Crippen molar-refractivity contribution in [3.8, 4) is 6.19 Å². The monoisotopic (exact) mass is 893 g/mol. The van der Waals surface area contributed by atoms with Crippen LogP contribution in [-0.4, -0.2) is 87.7 Å². The lowest BCUT2D eigenvalue weighted by atomic mass is 9.90. The number of nitrogens with two attached hydrogens (primary N) is 2. The summed E-state index contributed by atoms with van der Waals surface area (Å²) in [6.45, 7) is 4.80. The maximum atomic E-state index is 13.2. The highest BCUT2D eigenvalue weighted by Crippen LogP contribution is 2.32. The van der Waals surface area contributed by atoms with Gasteiger partial charge in [0, 0.05) is 96.9 Å². The number of nitrogen functional groups attached to an aromatic ring is 1. The van der Waals surface area contributed by atoms with Crippen LogP contribution in [-0.2, 0) is 22.7 Å². The summed E-state index contributed by atoms with van der Waals surface area (Å²) in [7, 11) is 0. The Kier molecular flexibility index (Phi) is 15.1. The second-order valence-electron chi connectivity index (χ2n) is 16.5. The second kappa shape index (κ2) is 21.1. The molecule has 63 heavy (non-hydrogen) atoms. The highest BCUT2D eigenvalue weighted by molar-refractivity contribution is 6.31. The summed E-state index contributed by atoms with van der Waals surface area (Å²) in [6.07, 6.45) is 14.6. The molecular formula is C48H51Cl2F2N9O2. The van der Waals surface area contributed by atoms with E-state index in [2.05, 4.69) is 20.1 Å². The fraction of sp³-hybridized carbons (Fsp3) is 0.333. The first kappa shape index (κ1) is 45.3. The molecule has 4 aliphatic rings. The van der Waals surface area contributed by atoms with Gasteiger partial charge in [-0.2, -0.15) is 5.26 Å². The number of fused-ring (bicyclic) bond motifs is 4. The van der Waals surface area contributed by atoms with Gasteiger partial charge in [0.05, 0.1) is 5.69 Å². The number of rotatable bonds is 9. The maximum absolute atomic E-state index is 13.2. The molecule has 0 radical (unpaired) electrons. The zero-order chi connectivity index (χ0) is 44.5. The minimum absolute atomic E-state index is 0.0375. The summed E-state index contributed by atoms with van der Waals surface area (Å²) in [5.41, 5.74) is 16.3. The molecular weight excluding hydrogens is 843 g/mol. The van der Waals surface area contributed by atoms with Crippen molar-refractivity contribution in [2.45, 2.75) is 75.8 Å². The number of piperazine rings is 2. The summed E-state index contributed by atoms with van der Waals surface area (Å²) in [5, 5.41) is 12.0. The Balaban J connectivity index is 0.000000191. The van der Waals surface area contributed by atoms with E-state index in [1.54, 1.807) is 60.8 Å². The molecule has 4 fully saturated rings. The molecule has 0 aliphatic carbocycles. The average molecular weight is 895 g/mol. The number of nitrogens with one attached hydrogen (secondary N) is 1. The number of nitrogens with zero attached hydrogens (tertiary/aromatic N) is 6. The Morgan fingerprint density at radius 3 is 1.57 bits per heavy atom. The SMILES string of the molecule is N#CNC(N)=Nc1cc(Cl)ccc1/C=C/C(=O)N1C2CCCC1CN(Cc1ccc(F)cc1)C2.Nc1cc(Cl)ccc1/C=C/C(=O)N1C2CCCC1CN(Cc1ccc(F)cc1)C2. The van der Waals surface area contributed by atoms with Gasteiger partial charge in [0.15, 0.2) is 6.19 Å². The largest absolute Gasteiger partial charge is 0.398 e. The van der Waals surface area contributed by atoms with Crippen LogP contribution in [0.15, 0.2) is 102 Å². The summed E-state index contributed by atoms with van der Waals surface area (Å²) in [6, 6.07) is 24.4. The number of carbonyl (C=O) groups excluding carboxylic acids is 2. The van der Waals surface area contributed by atoms with E-state index < -0.39 is 0 Å². The van der Waals surface area contributed by atoms with Gasteiger partial charge in [-0.1, -0.05) is 59.6 Å². The fourth-order valence-electron chi connectivity index (χ4n) is 9.22. The first-order chi connectivity index (χ1) is 30.4. The molecule has 8 rings (SSSR count). The number of anilines is 1. The first-order valence-electron chi connectivity index (χ1n) is 21.2. The predicted octanol–water partition coefficient (Wildman–Crippen LogP) is 8.11. The van der Waals surface area contributed by atoms with E-state index in [0.29, 0.717) is 27.0 Å². The molecule has 15 heteroatoms. The standard InChI is InChI=1S/C25H26ClFN6O.C23H25ClFN3O/c26-19-8-6-18(23(12-19)31-25(29)30-16-28)7-11-24(34)33-21-2-1-3-22(33)15-32(14-21)13-17-4-9-20(27)10-5-17;24-18-8-6-17(22(26)12-18)7-11-23(29)28-20-2-1-3-21(28)15-27(14-20)13-16-4-9-19(25)10-5-16/h4-12,21-22H,1-3,13-15H2,(H3,29,30,31);4-12,20-21H,1-3,13-15,26H2/b2*11-7+. The van der Waals surface area contributed by atoms with Gasteiger partial charge in [-0.05, 0) is 116 Å². The van der Waals surface area contributed by atoms with Crippen molar-refractivity contribution in [3.05, 3.63) is 141 Å². The van der Waals surface area contributed by atoms with Crippen LogP contribution >= 0.6 is 23.2 Å². The number of aliphatic imine (C=N–C) groups is 1. The number of nitriles is 1. The minimum Gasteiger partial charge on any atom is -0.398 e. The van der Waals surface area contributed by atoms with E-state index in [0.717, 1.165) is 94.5 Å². The van der Waals surface area contributed by atoms with Crippen molar-refractivity contribution in [1.82, 2.24) is 24.9 Å². The number of hydrogen-bond donors (Lipinski definition) is 3. The number of hydrogen-bond acceptors (Lipinski definition) is 7. The summed E-state index contributed by atoms with van der Waals surface area (Å²) in [5.74, 6) is -0.507. The molecule has 0 saturated carbocycles. The van der Waals surface area contributed by atoms with Crippen molar-refractivity contribution in [3.63, 3.8) is 0 Å². The Morgan fingerprint density at radius 2 is 1.13 bits per heavy atom. The maximum Gasteiger partial charge on any atom is 0.247 e. The van der Waals surface area contributed by atoms with Gasteiger partial charge in [-0.25, -0.2) is 13.8 Å². The highest BCUT2D eigenvalue weighted by atomic mass is 35.5. The normalized spacial score (nSPS) is 21.5. The average Bonchev–Trinajstić information content (AvgIpc) is 3.24. The number of guanidine groups is 1. The molecule has 4 bridgehead atoms. The molecule has 4 aromatic carbocycles. The van der Waals surface area contributed by atoms with Crippen molar-refractivity contribution in [2.75, 3.05) is 31.9 Å². The third-order valence-corrected chi connectivity index (χ3v) is 12.5. The van der Waals surface area contributed by atoms with Crippen LogP contribution in [0.4, 0.5) is 20.2 Å². The van der Waals surface area contributed by atoms with Gasteiger partial charge in [0.1, 0.15) is 11.6 Å². The Hall–Kier alpha value is -5.78. The smallest absolute Gasteiger partial charge is 0.247 e.